The highest BCUT2D eigenvalue weighted by atomic mass is 32.1. The number of thiazole rings is 1. The predicted molar refractivity (Wildman–Crippen MR) is 59.5 cm³/mol. The van der Waals surface area contributed by atoms with Crippen LogP contribution >= 0.6 is 11.3 Å². The molecule has 0 spiro atoms. The van der Waals surface area contributed by atoms with Gasteiger partial charge in [0.05, 0.1) is 0 Å². The number of nitrogens with zero attached hydrogens (tertiary/aromatic N) is 2. The van der Waals surface area contributed by atoms with Gasteiger partial charge < -0.3 is 10.2 Å². The molecule has 0 unspecified atom stereocenters. The molecule has 1 N–H and O–H groups in total. The van der Waals surface area contributed by atoms with Crippen molar-refractivity contribution in [3.05, 3.63) is 16.6 Å². The minimum absolute atomic E-state index is 0.922. The molecule has 1 aliphatic rings. The minimum atomic E-state index is 0.922. The molecule has 1 fully saturated rings. The smallest absolute Gasteiger partial charge is 0.106 e. The van der Waals surface area contributed by atoms with Gasteiger partial charge in [0.15, 0.2) is 0 Å². The molecule has 0 saturated carbocycles. The van der Waals surface area contributed by atoms with Crippen LogP contribution in [0.15, 0.2) is 11.6 Å². The molecule has 1 aromatic heterocycles. The Morgan fingerprint density at radius 1 is 1.43 bits per heavy atom. The van der Waals surface area contributed by atoms with Crippen LogP contribution in [0.2, 0.25) is 0 Å². The maximum atomic E-state index is 4.23. The van der Waals surface area contributed by atoms with Crippen molar-refractivity contribution < 1.29 is 0 Å². The van der Waals surface area contributed by atoms with Gasteiger partial charge in [0.2, 0.25) is 0 Å². The van der Waals surface area contributed by atoms with E-state index in [1.165, 1.54) is 37.5 Å². The molecule has 1 aromatic rings. The highest BCUT2D eigenvalue weighted by Gasteiger charge is 2.09. The van der Waals surface area contributed by atoms with Crippen molar-refractivity contribution in [2.75, 3.05) is 26.2 Å². The molecular formula is C10H17N3S. The van der Waals surface area contributed by atoms with Crippen molar-refractivity contribution >= 4 is 11.3 Å². The standard InChI is InChI=1S/C10H17N3S/c1-2-6-13(5-1)7-3-11-9-10-12-4-8-14-10/h4,8,11H,1-3,5-7,9H2. The van der Waals surface area contributed by atoms with Crippen molar-refractivity contribution in [3.8, 4) is 0 Å². The first-order valence-electron chi connectivity index (χ1n) is 5.26. The molecule has 4 heteroatoms. The molecule has 78 valence electrons. The van der Waals surface area contributed by atoms with Crippen molar-refractivity contribution in [2.24, 2.45) is 0 Å². The van der Waals surface area contributed by atoms with Gasteiger partial charge in [-0.15, -0.1) is 11.3 Å². The van der Waals surface area contributed by atoms with E-state index in [9.17, 15) is 0 Å². The zero-order valence-electron chi connectivity index (χ0n) is 8.41. The van der Waals surface area contributed by atoms with E-state index in [0.29, 0.717) is 0 Å². The summed E-state index contributed by atoms with van der Waals surface area (Å²) < 4.78 is 0. The summed E-state index contributed by atoms with van der Waals surface area (Å²) in [5.41, 5.74) is 0. The number of aromatic nitrogens is 1. The van der Waals surface area contributed by atoms with Gasteiger partial charge >= 0.3 is 0 Å². The molecule has 2 rings (SSSR count). The van der Waals surface area contributed by atoms with E-state index in [-0.39, 0.29) is 0 Å². The molecule has 0 amide bonds. The van der Waals surface area contributed by atoms with Gasteiger partial charge in [-0.05, 0) is 25.9 Å². The van der Waals surface area contributed by atoms with Crippen molar-refractivity contribution in [1.82, 2.24) is 15.2 Å². The molecule has 1 saturated heterocycles. The van der Waals surface area contributed by atoms with Crippen LogP contribution in [0.5, 0.6) is 0 Å². The predicted octanol–water partition coefficient (Wildman–Crippen LogP) is 1.33. The molecule has 0 aromatic carbocycles. The van der Waals surface area contributed by atoms with Crippen LogP contribution in [0.25, 0.3) is 0 Å². The molecule has 0 radical (unpaired) electrons. The fourth-order valence-corrected chi connectivity index (χ4v) is 2.36. The number of hydrogen-bond donors (Lipinski definition) is 1. The number of nitrogens with one attached hydrogen (secondary N) is 1. The normalized spacial score (nSPS) is 17.7. The van der Waals surface area contributed by atoms with Crippen molar-refractivity contribution in [3.63, 3.8) is 0 Å². The molecule has 14 heavy (non-hydrogen) atoms. The van der Waals surface area contributed by atoms with E-state index >= 15 is 0 Å². The molecule has 2 heterocycles. The van der Waals surface area contributed by atoms with E-state index in [4.69, 9.17) is 0 Å². The first-order valence-corrected chi connectivity index (χ1v) is 6.14. The van der Waals surface area contributed by atoms with Gasteiger partial charge in [-0.25, -0.2) is 4.98 Å². The fraction of sp³-hybridized carbons (Fsp3) is 0.700. The van der Waals surface area contributed by atoms with Gasteiger partial charge in [0.1, 0.15) is 5.01 Å². The Morgan fingerprint density at radius 2 is 2.29 bits per heavy atom. The molecular weight excluding hydrogens is 194 g/mol. The summed E-state index contributed by atoms with van der Waals surface area (Å²) in [6.07, 6.45) is 4.63. The maximum Gasteiger partial charge on any atom is 0.106 e. The Kier molecular flexibility index (Phi) is 3.91. The number of hydrogen-bond acceptors (Lipinski definition) is 4. The van der Waals surface area contributed by atoms with Gasteiger partial charge in [0, 0.05) is 31.2 Å². The van der Waals surface area contributed by atoms with Crippen LogP contribution < -0.4 is 5.32 Å². The molecule has 3 nitrogen and oxygen atoms in total. The molecule has 0 aliphatic carbocycles. The summed E-state index contributed by atoms with van der Waals surface area (Å²) in [6.45, 7) is 5.77. The highest BCUT2D eigenvalue weighted by molar-refractivity contribution is 7.09. The number of rotatable bonds is 5. The Labute approximate surface area is 89.1 Å². The van der Waals surface area contributed by atoms with E-state index < -0.39 is 0 Å². The lowest BCUT2D eigenvalue weighted by Gasteiger charge is -2.14. The average Bonchev–Trinajstić information content (AvgIpc) is 2.86. The van der Waals surface area contributed by atoms with E-state index in [1.807, 2.05) is 11.6 Å². The quantitative estimate of drug-likeness (QED) is 0.745. The van der Waals surface area contributed by atoms with Gasteiger partial charge in [-0.2, -0.15) is 0 Å². The van der Waals surface area contributed by atoms with Gasteiger partial charge in [0.25, 0.3) is 0 Å². The fourth-order valence-electron chi connectivity index (χ4n) is 1.78. The molecule has 0 bridgehead atoms. The van der Waals surface area contributed by atoms with Crippen LogP contribution in [-0.4, -0.2) is 36.1 Å². The van der Waals surface area contributed by atoms with Crippen LogP contribution in [0.4, 0.5) is 0 Å². The highest BCUT2D eigenvalue weighted by Crippen LogP contribution is 2.06. The lowest BCUT2D eigenvalue weighted by Crippen LogP contribution is -2.29. The average molecular weight is 211 g/mol. The van der Waals surface area contributed by atoms with E-state index in [1.54, 1.807) is 11.3 Å². The summed E-state index contributed by atoms with van der Waals surface area (Å²) in [5, 5.41) is 6.63. The Morgan fingerprint density at radius 3 is 3.00 bits per heavy atom. The Hall–Kier alpha value is -0.450. The van der Waals surface area contributed by atoms with Crippen LogP contribution in [0.1, 0.15) is 17.8 Å². The second kappa shape index (κ2) is 5.44. The maximum absolute atomic E-state index is 4.23. The zero-order chi connectivity index (χ0) is 9.64. The largest absolute Gasteiger partial charge is 0.309 e. The third-order valence-corrected chi connectivity index (χ3v) is 3.34. The first kappa shape index (κ1) is 10.1. The monoisotopic (exact) mass is 211 g/mol. The molecule has 0 atom stereocenters. The van der Waals surface area contributed by atoms with Crippen LogP contribution in [0.3, 0.4) is 0 Å². The number of likely N-dealkylation sites (tertiary alicyclic amines) is 1. The Bertz CT molecular complexity index is 242. The molecule has 1 aliphatic heterocycles. The lowest BCUT2D eigenvalue weighted by molar-refractivity contribution is 0.335. The lowest BCUT2D eigenvalue weighted by atomic mass is 10.4. The third kappa shape index (κ3) is 3.04. The summed E-state index contributed by atoms with van der Waals surface area (Å²) in [7, 11) is 0. The van der Waals surface area contributed by atoms with E-state index in [0.717, 1.165) is 13.1 Å². The second-order valence-corrected chi connectivity index (χ2v) is 4.63. The Balaban J connectivity index is 1.55. The van der Waals surface area contributed by atoms with Crippen molar-refractivity contribution in [1.29, 1.82) is 0 Å². The SMILES string of the molecule is c1csc(CNCCN2CCCC2)n1. The zero-order valence-corrected chi connectivity index (χ0v) is 9.22. The minimum Gasteiger partial charge on any atom is -0.309 e. The second-order valence-electron chi connectivity index (χ2n) is 3.65. The van der Waals surface area contributed by atoms with Gasteiger partial charge in [-0.3, -0.25) is 0 Å². The van der Waals surface area contributed by atoms with Crippen LogP contribution in [-0.2, 0) is 6.54 Å². The first-order chi connectivity index (χ1) is 6.95. The summed E-state index contributed by atoms with van der Waals surface area (Å²) in [5.74, 6) is 0. The van der Waals surface area contributed by atoms with E-state index in [2.05, 4.69) is 15.2 Å². The summed E-state index contributed by atoms with van der Waals surface area (Å²) in [6, 6.07) is 0. The topological polar surface area (TPSA) is 28.2 Å². The summed E-state index contributed by atoms with van der Waals surface area (Å²) in [4.78, 5) is 6.75. The van der Waals surface area contributed by atoms with Crippen LogP contribution in [0, 0.1) is 0 Å². The van der Waals surface area contributed by atoms with Crippen molar-refractivity contribution in [2.45, 2.75) is 19.4 Å². The summed E-state index contributed by atoms with van der Waals surface area (Å²) >= 11 is 1.72. The van der Waals surface area contributed by atoms with Gasteiger partial charge in [-0.1, -0.05) is 0 Å². The third-order valence-electron chi connectivity index (χ3n) is 2.56.